The molecule has 0 bridgehead atoms. The maximum Gasteiger partial charge on any atom is 0.238 e. The SMILES string of the molecule is O=C(CN1CC(O)C1)Nc1ccc(Cl)cc1. The lowest BCUT2D eigenvalue weighted by Crippen LogP contribution is -2.53. The standard InChI is InChI=1S/C11H13ClN2O2/c12-8-1-3-9(4-2-8)13-11(16)7-14-5-10(15)6-14/h1-4,10,15H,5-7H2,(H,13,16). The summed E-state index contributed by atoms with van der Waals surface area (Å²) in [6, 6.07) is 6.96. The topological polar surface area (TPSA) is 52.6 Å². The third kappa shape index (κ3) is 2.95. The molecule has 1 fully saturated rings. The number of nitrogens with zero attached hydrogens (tertiary/aromatic N) is 1. The lowest BCUT2D eigenvalue weighted by molar-refractivity contribution is -0.119. The first-order chi connectivity index (χ1) is 7.63. The molecule has 1 aromatic carbocycles. The minimum atomic E-state index is -0.275. The van der Waals surface area contributed by atoms with E-state index in [4.69, 9.17) is 16.7 Å². The highest BCUT2D eigenvalue weighted by Gasteiger charge is 2.25. The van der Waals surface area contributed by atoms with E-state index in [1.165, 1.54) is 0 Å². The van der Waals surface area contributed by atoms with Gasteiger partial charge in [0.1, 0.15) is 0 Å². The molecular formula is C11H13ClN2O2. The van der Waals surface area contributed by atoms with Crippen LogP contribution in [-0.4, -0.2) is 41.7 Å². The van der Waals surface area contributed by atoms with Gasteiger partial charge in [-0.3, -0.25) is 9.69 Å². The number of likely N-dealkylation sites (tertiary alicyclic amines) is 1. The molecule has 16 heavy (non-hydrogen) atoms. The maximum atomic E-state index is 11.5. The van der Waals surface area contributed by atoms with E-state index in [2.05, 4.69) is 5.32 Å². The summed E-state index contributed by atoms with van der Waals surface area (Å²) in [7, 11) is 0. The van der Waals surface area contributed by atoms with Crippen LogP contribution in [-0.2, 0) is 4.79 Å². The molecule has 0 atom stereocenters. The molecule has 2 N–H and O–H groups in total. The van der Waals surface area contributed by atoms with Crippen LogP contribution in [0.3, 0.4) is 0 Å². The second kappa shape index (κ2) is 4.82. The van der Waals surface area contributed by atoms with Crippen molar-refractivity contribution in [3.8, 4) is 0 Å². The number of aliphatic hydroxyl groups excluding tert-OH is 1. The summed E-state index contributed by atoms with van der Waals surface area (Å²) >= 11 is 5.73. The first-order valence-electron chi connectivity index (χ1n) is 5.09. The summed E-state index contributed by atoms with van der Waals surface area (Å²) in [5.74, 6) is -0.0748. The van der Waals surface area contributed by atoms with Crippen LogP contribution in [0, 0.1) is 0 Å². The molecule has 1 aliphatic rings. The molecule has 1 heterocycles. The molecule has 4 nitrogen and oxygen atoms in total. The smallest absolute Gasteiger partial charge is 0.238 e. The molecule has 2 rings (SSSR count). The van der Waals surface area contributed by atoms with Gasteiger partial charge in [0.2, 0.25) is 5.91 Å². The molecule has 1 saturated heterocycles. The molecule has 0 aromatic heterocycles. The van der Waals surface area contributed by atoms with Gasteiger partial charge in [-0.2, -0.15) is 0 Å². The number of halogens is 1. The van der Waals surface area contributed by atoms with E-state index >= 15 is 0 Å². The monoisotopic (exact) mass is 240 g/mol. The largest absolute Gasteiger partial charge is 0.390 e. The van der Waals surface area contributed by atoms with Crippen molar-refractivity contribution in [2.75, 3.05) is 25.0 Å². The first kappa shape index (κ1) is 11.4. The van der Waals surface area contributed by atoms with Gasteiger partial charge in [0.05, 0.1) is 12.6 Å². The van der Waals surface area contributed by atoms with Gasteiger partial charge in [-0.15, -0.1) is 0 Å². The third-order valence-corrected chi connectivity index (χ3v) is 2.69. The fraction of sp³-hybridized carbons (Fsp3) is 0.364. The number of aliphatic hydroxyl groups is 1. The van der Waals surface area contributed by atoms with Crippen LogP contribution < -0.4 is 5.32 Å². The van der Waals surface area contributed by atoms with Crippen LogP contribution >= 0.6 is 11.6 Å². The van der Waals surface area contributed by atoms with Crippen molar-refractivity contribution in [1.29, 1.82) is 0 Å². The molecule has 0 radical (unpaired) electrons. The molecule has 1 amide bonds. The van der Waals surface area contributed by atoms with Gasteiger partial charge in [0.25, 0.3) is 0 Å². The van der Waals surface area contributed by atoms with Gasteiger partial charge in [0, 0.05) is 23.8 Å². The van der Waals surface area contributed by atoms with E-state index in [0.717, 1.165) is 5.69 Å². The number of carbonyl (C=O) groups excluding carboxylic acids is 1. The van der Waals surface area contributed by atoms with Crippen molar-refractivity contribution in [3.05, 3.63) is 29.3 Å². The second-order valence-corrected chi connectivity index (χ2v) is 4.34. The highest BCUT2D eigenvalue weighted by Crippen LogP contribution is 2.13. The van der Waals surface area contributed by atoms with Gasteiger partial charge >= 0.3 is 0 Å². The van der Waals surface area contributed by atoms with Crippen LogP contribution in [0.2, 0.25) is 5.02 Å². The summed E-state index contributed by atoms with van der Waals surface area (Å²) in [5.41, 5.74) is 0.732. The number of nitrogens with one attached hydrogen (secondary N) is 1. The fourth-order valence-corrected chi connectivity index (χ4v) is 1.73. The Bertz CT molecular complexity index is 374. The van der Waals surface area contributed by atoms with E-state index in [-0.39, 0.29) is 12.0 Å². The third-order valence-electron chi connectivity index (χ3n) is 2.43. The minimum Gasteiger partial charge on any atom is -0.390 e. The molecule has 0 saturated carbocycles. The van der Waals surface area contributed by atoms with Crippen molar-refractivity contribution in [2.24, 2.45) is 0 Å². The zero-order chi connectivity index (χ0) is 11.5. The van der Waals surface area contributed by atoms with E-state index in [1.807, 2.05) is 4.90 Å². The van der Waals surface area contributed by atoms with Crippen LogP contribution in [0.25, 0.3) is 0 Å². The second-order valence-electron chi connectivity index (χ2n) is 3.90. The van der Waals surface area contributed by atoms with Crippen LogP contribution in [0.1, 0.15) is 0 Å². The van der Waals surface area contributed by atoms with Crippen molar-refractivity contribution in [2.45, 2.75) is 6.10 Å². The quantitative estimate of drug-likeness (QED) is 0.827. The number of hydrogen-bond donors (Lipinski definition) is 2. The van der Waals surface area contributed by atoms with E-state index in [9.17, 15) is 4.79 Å². The molecule has 86 valence electrons. The highest BCUT2D eigenvalue weighted by atomic mass is 35.5. The normalized spacial score (nSPS) is 16.9. The van der Waals surface area contributed by atoms with Crippen molar-refractivity contribution in [1.82, 2.24) is 4.90 Å². The Balaban J connectivity index is 1.80. The number of hydrogen-bond acceptors (Lipinski definition) is 3. The van der Waals surface area contributed by atoms with Crippen molar-refractivity contribution in [3.63, 3.8) is 0 Å². The van der Waals surface area contributed by atoms with E-state index < -0.39 is 0 Å². The highest BCUT2D eigenvalue weighted by molar-refractivity contribution is 6.30. The van der Waals surface area contributed by atoms with Crippen molar-refractivity contribution >= 4 is 23.2 Å². The first-order valence-corrected chi connectivity index (χ1v) is 5.47. The van der Waals surface area contributed by atoms with Gasteiger partial charge in [-0.25, -0.2) is 0 Å². The fourth-order valence-electron chi connectivity index (χ4n) is 1.61. The number of amides is 1. The van der Waals surface area contributed by atoms with Crippen molar-refractivity contribution < 1.29 is 9.90 Å². The van der Waals surface area contributed by atoms with E-state index in [1.54, 1.807) is 24.3 Å². The minimum absolute atomic E-state index is 0.0748. The Morgan fingerprint density at radius 3 is 2.62 bits per heavy atom. The summed E-state index contributed by atoms with van der Waals surface area (Å²) < 4.78 is 0. The Hall–Kier alpha value is -1.10. The van der Waals surface area contributed by atoms with Gasteiger partial charge in [-0.1, -0.05) is 11.6 Å². The molecule has 1 aliphatic heterocycles. The van der Waals surface area contributed by atoms with Gasteiger partial charge in [0.15, 0.2) is 0 Å². The summed E-state index contributed by atoms with van der Waals surface area (Å²) in [6.45, 7) is 1.47. The summed E-state index contributed by atoms with van der Waals surface area (Å²) in [4.78, 5) is 13.4. The molecule has 0 aliphatic carbocycles. The maximum absolute atomic E-state index is 11.5. The average Bonchev–Trinajstić information content (AvgIpc) is 2.19. The molecule has 0 unspecified atom stereocenters. The zero-order valence-corrected chi connectivity index (χ0v) is 9.44. The predicted octanol–water partition coefficient (Wildman–Crippen LogP) is 0.955. The van der Waals surface area contributed by atoms with Gasteiger partial charge in [-0.05, 0) is 24.3 Å². The van der Waals surface area contributed by atoms with Crippen LogP contribution in [0.4, 0.5) is 5.69 Å². The summed E-state index contributed by atoms with van der Waals surface area (Å²) in [5, 5.41) is 12.5. The van der Waals surface area contributed by atoms with Crippen LogP contribution in [0.5, 0.6) is 0 Å². The molecule has 0 spiro atoms. The number of β-amino-alcohol motifs (C(OH)–C–C–N with tert-alkyl or cyclic N) is 1. The Labute approximate surface area is 98.8 Å². The number of benzene rings is 1. The molecular weight excluding hydrogens is 228 g/mol. The average molecular weight is 241 g/mol. The Kier molecular flexibility index (Phi) is 3.43. The Morgan fingerprint density at radius 1 is 1.44 bits per heavy atom. The predicted molar refractivity (Wildman–Crippen MR) is 62.5 cm³/mol. The molecule has 1 aromatic rings. The number of carbonyl (C=O) groups is 1. The number of anilines is 1. The Morgan fingerprint density at radius 2 is 2.06 bits per heavy atom. The number of rotatable bonds is 3. The lowest BCUT2D eigenvalue weighted by Gasteiger charge is -2.34. The van der Waals surface area contributed by atoms with Gasteiger partial charge < -0.3 is 10.4 Å². The molecule has 5 heteroatoms. The van der Waals surface area contributed by atoms with E-state index in [0.29, 0.717) is 24.7 Å². The zero-order valence-electron chi connectivity index (χ0n) is 8.69. The summed E-state index contributed by atoms with van der Waals surface area (Å²) in [6.07, 6.45) is -0.275. The van der Waals surface area contributed by atoms with Crippen LogP contribution in [0.15, 0.2) is 24.3 Å². The lowest BCUT2D eigenvalue weighted by atomic mass is 10.2.